The summed E-state index contributed by atoms with van der Waals surface area (Å²) in [6, 6.07) is 0.975. The average molecular weight is 472 g/mol. The number of hydrogen-bond donors (Lipinski definition) is 5. The van der Waals surface area contributed by atoms with Crippen LogP contribution in [0.15, 0.2) is 12.1 Å². The topological polar surface area (TPSA) is 175 Å². The molecule has 1 saturated heterocycles. The van der Waals surface area contributed by atoms with Crippen molar-refractivity contribution in [3.05, 3.63) is 17.9 Å². The molecule has 6 atom stereocenters. The van der Waals surface area contributed by atoms with Gasteiger partial charge in [0, 0.05) is 12.1 Å². The minimum absolute atomic E-state index is 0.000862. The quantitative estimate of drug-likeness (QED) is 0.397. The molecule has 3 rings (SSSR count). The highest BCUT2D eigenvalue weighted by atomic mass is 19.1. The van der Waals surface area contributed by atoms with E-state index in [0.717, 1.165) is 17.0 Å². The number of aliphatic hydroxyl groups excluding tert-OH is 3. The minimum atomic E-state index is -1.95. The van der Waals surface area contributed by atoms with Crippen molar-refractivity contribution in [1.29, 1.82) is 0 Å². The van der Waals surface area contributed by atoms with Gasteiger partial charge in [-0.2, -0.15) is 0 Å². The van der Waals surface area contributed by atoms with E-state index in [1.807, 2.05) is 0 Å². The Kier molecular flexibility index (Phi) is 7.07. The molecule has 33 heavy (non-hydrogen) atoms. The summed E-state index contributed by atoms with van der Waals surface area (Å²) in [5.74, 6) is -3.80. The van der Waals surface area contributed by atoms with E-state index in [1.165, 1.54) is 0 Å². The Bertz CT molecular complexity index is 942. The maximum absolute atomic E-state index is 14.9. The van der Waals surface area contributed by atoms with E-state index in [4.69, 9.17) is 19.3 Å². The number of aliphatic carboxylic acids is 1. The summed E-state index contributed by atoms with van der Waals surface area (Å²) in [7, 11) is 0. The number of anilines is 2. The number of benzene rings is 1. The number of carboxylic acid groups (broad SMARTS) is 1. The van der Waals surface area contributed by atoms with Crippen molar-refractivity contribution >= 4 is 29.3 Å². The van der Waals surface area contributed by atoms with Gasteiger partial charge in [0.15, 0.2) is 17.7 Å². The largest absolute Gasteiger partial charge is 0.479 e. The number of fused-ring (bicyclic) bond motifs is 1. The van der Waals surface area contributed by atoms with Gasteiger partial charge in [0.25, 0.3) is 0 Å². The molecule has 1 aromatic carbocycles. The highest BCUT2D eigenvalue weighted by Gasteiger charge is 2.48. The third-order valence-electron chi connectivity index (χ3n) is 5.16. The van der Waals surface area contributed by atoms with Gasteiger partial charge in [0.1, 0.15) is 24.4 Å². The van der Waals surface area contributed by atoms with Crippen LogP contribution in [-0.2, 0) is 19.1 Å². The lowest BCUT2D eigenvalue weighted by Crippen LogP contribution is -2.61. The summed E-state index contributed by atoms with van der Waals surface area (Å²) in [5, 5.41) is 41.4. The van der Waals surface area contributed by atoms with Crippen LogP contribution >= 0.6 is 0 Å². The monoisotopic (exact) mass is 472 g/mol. The van der Waals surface area contributed by atoms with Gasteiger partial charge >= 0.3 is 12.1 Å². The molecule has 2 amide bonds. The van der Waals surface area contributed by atoms with Gasteiger partial charge < -0.3 is 40.0 Å². The first-order valence-electron chi connectivity index (χ1n) is 10.2. The molecular weight excluding hydrogens is 447 g/mol. The van der Waals surface area contributed by atoms with Crippen LogP contribution in [0.2, 0.25) is 0 Å². The summed E-state index contributed by atoms with van der Waals surface area (Å²) in [5.41, 5.74) is -0.0107. The maximum atomic E-state index is 14.9. The van der Waals surface area contributed by atoms with E-state index >= 15 is 0 Å². The smallest absolute Gasteiger partial charge is 0.415 e. The molecule has 13 heteroatoms. The first-order chi connectivity index (χ1) is 15.5. The lowest BCUT2D eigenvalue weighted by atomic mass is 9.99. The van der Waals surface area contributed by atoms with Crippen LogP contribution in [0.1, 0.15) is 27.2 Å². The van der Waals surface area contributed by atoms with Gasteiger partial charge in [-0.3, -0.25) is 9.69 Å². The number of nitrogens with one attached hydrogen (secondary N) is 1. The Morgan fingerprint density at radius 1 is 1.21 bits per heavy atom. The Balaban J connectivity index is 1.94. The molecule has 0 radical (unpaired) electrons. The van der Waals surface area contributed by atoms with Crippen molar-refractivity contribution in [2.45, 2.75) is 70.0 Å². The third kappa shape index (κ3) is 4.71. The number of amides is 2. The average Bonchev–Trinajstić information content (AvgIpc) is 2.73. The molecule has 1 aromatic rings. The van der Waals surface area contributed by atoms with E-state index in [0.29, 0.717) is 0 Å². The lowest BCUT2D eigenvalue weighted by molar-refractivity contribution is -0.271. The van der Waals surface area contributed by atoms with Gasteiger partial charge in [0.05, 0.1) is 17.5 Å². The summed E-state index contributed by atoms with van der Waals surface area (Å²) in [6.45, 7) is 4.90. The normalized spacial score (nSPS) is 29.3. The molecule has 2 aliphatic rings. The standard InChI is InChI=1S/C20H25FN2O10/c1-4-10-17(27)22-9-6-12(8(21)5-11(9)23(10)20(30)31-7(2)3)32-19-15(26)13(24)14(25)16(33-19)18(28)29/h5-7,10,13-16,19,24-26H,4H2,1-3H3,(H,22,27)(H,28,29)/t10-,13-,14-,15+,16-,19+/m0/s1. The SMILES string of the molecule is CC[C@H]1C(=O)Nc2cc(O[C@@H]3O[C@H](C(=O)O)[C@@H](O)[C@H](O)[C@H]3O)c(F)cc2N1C(=O)OC(C)C. The number of carbonyl (C=O) groups is 3. The third-order valence-corrected chi connectivity index (χ3v) is 5.16. The molecule has 12 nitrogen and oxygen atoms in total. The zero-order chi connectivity index (χ0) is 24.6. The van der Waals surface area contributed by atoms with Crippen LogP contribution < -0.4 is 15.0 Å². The predicted molar refractivity (Wildman–Crippen MR) is 108 cm³/mol. The number of carboxylic acids is 1. The van der Waals surface area contributed by atoms with Gasteiger partial charge in [-0.05, 0) is 20.3 Å². The molecule has 0 unspecified atom stereocenters. The first kappa shape index (κ1) is 24.6. The summed E-state index contributed by atoms with van der Waals surface area (Å²) in [6.07, 6.45) is -10.7. The lowest BCUT2D eigenvalue weighted by Gasteiger charge is -2.39. The molecule has 0 bridgehead atoms. The fourth-order valence-electron chi connectivity index (χ4n) is 3.56. The number of hydrogen-bond acceptors (Lipinski definition) is 9. The van der Waals surface area contributed by atoms with Crippen LogP contribution in [0.4, 0.5) is 20.6 Å². The second-order valence-corrected chi connectivity index (χ2v) is 7.87. The number of halogens is 1. The summed E-state index contributed by atoms with van der Waals surface area (Å²) < 4.78 is 30.3. The van der Waals surface area contributed by atoms with Crippen LogP contribution in [0, 0.1) is 5.82 Å². The van der Waals surface area contributed by atoms with E-state index < -0.39 is 72.4 Å². The van der Waals surface area contributed by atoms with Gasteiger partial charge in [-0.25, -0.2) is 14.0 Å². The molecule has 2 heterocycles. The number of carbonyl (C=O) groups excluding carboxylic acids is 2. The van der Waals surface area contributed by atoms with Gasteiger partial charge in [0.2, 0.25) is 12.2 Å². The van der Waals surface area contributed by atoms with Crippen molar-refractivity contribution in [2.75, 3.05) is 10.2 Å². The number of nitrogens with zero attached hydrogens (tertiary/aromatic N) is 1. The van der Waals surface area contributed by atoms with Gasteiger partial charge in [-0.15, -0.1) is 0 Å². The van der Waals surface area contributed by atoms with Crippen molar-refractivity contribution < 1.29 is 53.4 Å². The highest BCUT2D eigenvalue weighted by Crippen LogP contribution is 2.39. The van der Waals surface area contributed by atoms with E-state index in [9.17, 15) is 34.1 Å². The van der Waals surface area contributed by atoms with Gasteiger partial charge in [-0.1, -0.05) is 6.92 Å². The second-order valence-electron chi connectivity index (χ2n) is 7.87. The first-order valence-corrected chi connectivity index (χ1v) is 10.2. The summed E-state index contributed by atoms with van der Waals surface area (Å²) in [4.78, 5) is 37.4. The Hall–Kier alpha value is -3.00. The zero-order valence-corrected chi connectivity index (χ0v) is 18.0. The summed E-state index contributed by atoms with van der Waals surface area (Å²) >= 11 is 0. The molecule has 2 aliphatic heterocycles. The Morgan fingerprint density at radius 2 is 1.88 bits per heavy atom. The van der Waals surface area contributed by atoms with Crippen LogP contribution in [0.5, 0.6) is 5.75 Å². The van der Waals surface area contributed by atoms with Crippen molar-refractivity contribution in [3.63, 3.8) is 0 Å². The molecule has 0 spiro atoms. The van der Waals surface area contributed by atoms with Crippen molar-refractivity contribution in [3.8, 4) is 5.75 Å². The molecule has 182 valence electrons. The van der Waals surface area contributed by atoms with Crippen molar-refractivity contribution in [1.82, 2.24) is 0 Å². The Morgan fingerprint density at radius 3 is 2.45 bits per heavy atom. The second kappa shape index (κ2) is 9.47. The van der Waals surface area contributed by atoms with E-state index in [2.05, 4.69) is 5.32 Å². The zero-order valence-electron chi connectivity index (χ0n) is 18.0. The maximum Gasteiger partial charge on any atom is 0.415 e. The number of rotatable bonds is 5. The number of ether oxygens (including phenoxy) is 3. The predicted octanol–water partition coefficient (Wildman–Crippen LogP) is 0.179. The molecule has 0 aromatic heterocycles. The van der Waals surface area contributed by atoms with Crippen LogP contribution in [0.3, 0.4) is 0 Å². The Labute approximate surface area is 187 Å². The number of aliphatic hydroxyl groups is 3. The van der Waals surface area contributed by atoms with Crippen LogP contribution in [0.25, 0.3) is 0 Å². The molecular formula is C20H25FN2O10. The fraction of sp³-hybridized carbons (Fsp3) is 0.550. The molecule has 5 N–H and O–H groups in total. The fourth-order valence-corrected chi connectivity index (χ4v) is 3.56. The molecule has 0 aliphatic carbocycles. The molecule has 1 fully saturated rings. The highest BCUT2D eigenvalue weighted by molar-refractivity contribution is 6.10. The van der Waals surface area contributed by atoms with Crippen LogP contribution in [-0.4, -0.2) is 81.2 Å². The van der Waals surface area contributed by atoms with Crippen molar-refractivity contribution in [2.24, 2.45) is 0 Å². The van der Waals surface area contributed by atoms with E-state index in [1.54, 1.807) is 20.8 Å². The molecule has 0 saturated carbocycles. The minimum Gasteiger partial charge on any atom is -0.479 e. The van der Waals surface area contributed by atoms with E-state index in [-0.39, 0.29) is 17.8 Å².